The van der Waals surface area contributed by atoms with Crippen LogP contribution in [0.1, 0.15) is 31.9 Å². The Morgan fingerprint density at radius 1 is 0.481 bits per heavy atom. The molecule has 10 aromatic carbocycles. The summed E-state index contributed by atoms with van der Waals surface area (Å²) in [4.78, 5) is 4.97. The zero-order chi connectivity index (χ0) is 51.3. The Hall–Kier alpha value is -8.89. The number of fused-ring (bicyclic) bond motifs is 4. The Bertz CT molecular complexity index is 4230. The van der Waals surface area contributed by atoms with Gasteiger partial charge in [0.15, 0.2) is 0 Å². The summed E-state index contributed by atoms with van der Waals surface area (Å²) in [6.45, 7) is 8.91. The predicted octanol–water partition coefficient (Wildman–Crippen LogP) is 17.5. The summed E-state index contributed by atoms with van der Waals surface area (Å²) in [5.74, 6) is 1.94. The standard InChI is InChI=1S/C71H52N4O.Pt/c1-48-62(52-28-15-8-16-29-52)42-53(49-22-9-5-10-23-49)43-63(48)61-38-36-55(45-68(61)76-56-37-39-60-59-30-17-18-33-64(59)75(67(60)46-56)69-44-54(40-41-72-69)71(2,3)4)73-47-74(66-35-20-19-34-65(66)73)70-57(50-24-11-6-12-25-50)31-21-32-58(70)51-26-13-7-14-27-51;/h5-44H,1-4H3;/q-2;. The van der Waals surface area contributed by atoms with Gasteiger partial charge in [-0.3, -0.25) is 4.57 Å². The molecule has 0 aliphatic heterocycles. The first-order valence-electron chi connectivity index (χ1n) is 25.9. The molecule has 0 radical (unpaired) electrons. The van der Waals surface area contributed by atoms with E-state index in [0.29, 0.717) is 11.5 Å². The second kappa shape index (κ2) is 20.3. The van der Waals surface area contributed by atoms with Crippen LogP contribution in [0.2, 0.25) is 0 Å². The molecular weight excluding hydrogens is 1120 g/mol. The number of pyridine rings is 1. The number of para-hydroxylation sites is 4. The average molecular weight is 1170 g/mol. The van der Waals surface area contributed by atoms with Crippen LogP contribution in [-0.4, -0.2) is 14.1 Å². The fourth-order valence-corrected chi connectivity index (χ4v) is 10.8. The maximum absolute atomic E-state index is 7.32. The minimum Gasteiger partial charge on any atom is -0.509 e. The average Bonchev–Trinajstić information content (AvgIpc) is 4.13. The van der Waals surface area contributed by atoms with Crippen molar-refractivity contribution in [3.05, 3.63) is 272 Å². The van der Waals surface area contributed by atoms with E-state index in [0.717, 1.165) is 111 Å². The Morgan fingerprint density at radius 3 is 1.73 bits per heavy atom. The van der Waals surface area contributed by atoms with E-state index in [1.54, 1.807) is 0 Å². The molecule has 5 nitrogen and oxygen atoms in total. The van der Waals surface area contributed by atoms with Gasteiger partial charge in [0.2, 0.25) is 0 Å². The largest absolute Gasteiger partial charge is 0.509 e. The number of nitrogens with zero attached hydrogens (tertiary/aromatic N) is 4. The number of ether oxygens (including phenoxy) is 1. The van der Waals surface area contributed by atoms with Gasteiger partial charge in [-0.15, -0.1) is 23.6 Å². The quantitative estimate of drug-likeness (QED) is 0.101. The molecule has 0 amide bonds. The first-order chi connectivity index (χ1) is 37.2. The maximum Gasteiger partial charge on any atom is 0.268 e. The third kappa shape index (κ3) is 9.07. The second-order valence-electron chi connectivity index (χ2n) is 20.4. The van der Waals surface area contributed by atoms with Crippen molar-refractivity contribution in [2.75, 3.05) is 0 Å². The first-order valence-corrected chi connectivity index (χ1v) is 25.9. The molecule has 3 aromatic heterocycles. The van der Waals surface area contributed by atoms with Gasteiger partial charge in [0, 0.05) is 44.3 Å². The summed E-state index contributed by atoms with van der Waals surface area (Å²) in [6, 6.07) is 91.1. The van der Waals surface area contributed by atoms with Crippen molar-refractivity contribution in [2.24, 2.45) is 0 Å². The molecule has 374 valence electrons. The molecule has 0 aliphatic rings. The van der Waals surface area contributed by atoms with Crippen molar-refractivity contribution < 1.29 is 30.4 Å². The van der Waals surface area contributed by atoms with Crippen molar-refractivity contribution >= 4 is 32.8 Å². The third-order valence-electron chi connectivity index (χ3n) is 14.6. The van der Waals surface area contributed by atoms with E-state index in [1.165, 1.54) is 5.56 Å². The molecule has 77 heavy (non-hydrogen) atoms. The van der Waals surface area contributed by atoms with Gasteiger partial charge in [-0.1, -0.05) is 225 Å². The Morgan fingerprint density at radius 2 is 1.06 bits per heavy atom. The topological polar surface area (TPSA) is 35.9 Å². The van der Waals surface area contributed by atoms with Crippen molar-refractivity contribution in [2.45, 2.75) is 33.1 Å². The fourth-order valence-electron chi connectivity index (χ4n) is 10.8. The van der Waals surface area contributed by atoms with E-state index < -0.39 is 0 Å². The summed E-state index contributed by atoms with van der Waals surface area (Å²) in [5.41, 5.74) is 18.8. The van der Waals surface area contributed by atoms with Gasteiger partial charge in [-0.05, 0) is 103 Å². The minimum absolute atomic E-state index is 0. The zero-order valence-corrected chi connectivity index (χ0v) is 45.4. The molecule has 0 atom stereocenters. The molecule has 0 bridgehead atoms. The molecule has 0 saturated heterocycles. The van der Waals surface area contributed by atoms with Crippen LogP contribution in [-0.2, 0) is 26.5 Å². The molecular formula is C71H52N4OPt-2. The van der Waals surface area contributed by atoms with Crippen molar-refractivity contribution in [3.8, 4) is 84.3 Å². The molecule has 0 saturated carbocycles. The van der Waals surface area contributed by atoms with Crippen molar-refractivity contribution in [1.82, 2.24) is 14.1 Å². The smallest absolute Gasteiger partial charge is 0.268 e. The van der Waals surface area contributed by atoms with E-state index in [4.69, 9.17) is 9.72 Å². The number of benzene rings is 10. The summed E-state index contributed by atoms with van der Waals surface area (Å²) >= 11 is 0. The van der Waals surface area contributed by atoms with Crippen LogP contribution >= 0.6 is 0 Å². The maximum atomic E-state index is 7.32. The van der Waals surface area contributed by atoms with Gasteiger partial charge in [-0.2, -0.15) is 18.2 Å². The van der Waals surface area contributed by atoms with Gasteiger partial charge in [-0.25, -0.2) is 4.98 Å². The molecule has 0 fully saturated rings. The van der Waals surface area contributed by atoms with Crippen LogP contribution in [0, 0.1) is 25.4 Å². The second-order valence-corrected chi connectivity index (χ2v) is 20.4. The first kappa shape index (κ1) is 49.0. The zero-order valence-electron chi connectivity index (χ0n) is 43.1. The van der Waals surface area contributed by atoms with Crippen LogP contribution < -0.4 is 9.30 Å². The minimum atomic E-state index is -0.0702. The van der Waals surface area contributed by atoms with Gasteiger partial charge in [0.1, 0.15) is 5.82 Å². The molecule has 0 aliphatic carbocycles. The van der Waals surface area contributed by atoms with Gasteiger partial charge >= 0.3 is 0 Å². The van der Waals surface area contributed by atoms with E-state index in [9.17, 15) is 0 Å². The van der Waals surface area contributed by atoms with E-state index in [1.807, 2.05) is 12.3 Å². The summed E-state index contributed by atoms with van der Waals surface area (Å²) in [6.07, 6.45) is 5.78. The van der Waals surface area contributed by atoms with Gasteiger partial charge < -0.3 is 13.9 Å². The number of rotatable bonds is 10. The number of hydrogen-bond donors (Lipinski definition) is 0. The number of hydrogen-bond acceptors (Lipinski definition) is 2. The van der Waals surface area contributed by atoms with E-state index >= 15 is 0 Å². The molecule has 13 aromatic rings. The Labute approximate surface area is 464 Å². The molecule has 3 heterocycles. The normalized spacial score (nSPS) is 11.5. The summed E-state index contributed by atoms with van der Waals surface area (Å²) in [7, 11) is 0. The molecule has 6 heteroatoms. The van der Waals surface area contributed by atoms with Crippen LogP contribution in [0.5, 0.6) is 11.5 Å². The van der Waals surface area contributed by atoms with Crippen molar-refractivity contribution in [3.63, 3.8) is 0 Å². The fraction of sp³-hybridized carbons (Fsp3) is 0.0704. The molecule has 0 unspecified atom stereocenters. The van der Waals surface area contributed by atoms with Gasteiger partial charge in [0.05, 0.1) is 16.7 Å². The van der Waals surface area contributed by atoms with Crippen LogP contribution in [0.15, 0.2) is 243 Å². The molecule has 0 spiro atoms. The van der Waals surface area contributed by atoms with E-state index in [-0.39, 0.29) is 26.5 Å². The summed E-state index contributed by atoms with van der Waals surface area (Å²) < 4.78 is 13.9. The van der Waals surface area contributed by atoms with Gasteiger partial charge in [0.25, 0.3) is 6.33 Å². The van der Waals surface area contributed by atoms with Crippen LogP contribution in [0.4, 0.5) is 0 Å². The summed E-state index contributed by atoms with van der Waals surface area (Å²) in [5, 5.41) is 2.18. The third-order valence-corrected chi connectivity index (χ3v) is 14.6. The SMILES string of the molecule is Cc1c(-c2ccccc2)cc(-c2ccccc2)cc1-c1ccc(-n2[c-][n+](-c3c(-c4ccccc4)cccc3-c3ccccc3)c3ccccc32)[c-]c1Oc1[c-]c2c(cc1)c1ccccc1n2-c1cc(C(C)(C)C)ccn1.[Pt]. The molecule has 0 N–H and O–H groups in total. The Balaban J connectivity index is 0.00000596. The predicted molar refractivity (Wildman–Crippen MR) is 311 cm³/mol. The van der Waals surface area contributed by atoms with Crippen molar-refractivity contribution in [1.29, 1.82) is 0 Å². The monoisotopic (exact) mass is 1170 g/mol. The van der Waals surface area contributed by atoms with Crippen LogP contribution in [0.25, 0.3) is 106 Å². The Kier molecular flexibility index (Phi) is 12.9. The number of aromatic nitrogens is 4. The van der Waals surface area contributed by atoms with Crippen LogP contribution in [0.3, 0.4) is 0 Å². The van der Waals surface area contributed by atoms with E-state index in [2.05, 4.69) is 290 Å². The molecule has 13 rings (SSSR count). The number of imidazole rings is 1.